The lowest BCUT2D eigenvalue weighted by atomic mass is 10.3. The predicted molar refractivity (Wildman–Crippen MR) is 90.9 cm³/mol. The van der Waals surface area contributed by atoms with Crippen LogP contribution in [0.25, 0.3) is 0 Å². The maximum atomic E-state index is 11.8. The van der Waals surface area contributed by atoms with Crippen LogP contribution in [0.5, 0.6) is 0 Å². The molecule has 1 unspecified atom stereocenters. The molecule has 0 aliphatic carbocycles. The molecular formula is C15H20BrN5O. The van der Waals surface area contributed by atoms with Gasteiger partial charge in [0.15, 0.2) is 0 Å². The summed E-state index contributed by atoms with van der Waals surface area (Å²) < 4.78 is 2.95. The molecule has 6 nitrogen and oxygen atoms in total. The van der Waals surface area contributed by atoms with Crippen LogP contribution in [0.3, 0.4) is 0 Å². The molecule has 2 aromatic rings. The van der Waals surface area contributed by atoms with E-state index in [9.17, 15) is 4.79 Å². The summed E-state index contributed by atoms with van der Waals surface area (Å²) >= 11 is 3.42. The molecule has 118 valence electrons. The molecular weight excluding hydrogens is 346 g/mol. The fourth-order valence-corrected chi connectivity index (χ4v) is 2.41. The van der Waals surface area contributed by atoms with Gasteiger partial charge in [0, 0.05) is 48.2 Å². The van der Waals surface area contributed by atoms with Crippen molar-refractivity contribution in [3.05, 3.63) is 47.5 Å². The Kier molecular flexibility index (Phi) is 6.27. The van der Waals surface area contributed by atoms with Crippen LogP contribution in [0.1, 0.15) is 6.92 Å². The third kappa shape index (κ3) is 5.77. The highest BCUT2D eigenvalue weighted by Gasteiger charge is 2.06. The van der Waals surface area contributed by atoms with E-state index in [-0.39, 0.29) is 12.1 Å². The summed E-state index contributed by atoms with van der Waals surface area (Å²) in [6, 6.07) is 7.78. The lowest BCUT2D eigenvalue weighted by Crippen LogP contribution is -2.43. The first kappa shape index (κ1) is 16.4. The Morgan fingerprint density at radius 2 is 2.27 bits per heavy atom. The number of urea groups is 1. The Bertz CT molecular complexity index is 587. The van der Waals surface area contributed by atoms with E-state index >= 15 is 0 Å². The number of carbonyl (C=O) groups excluding carboxylic acids is 1. The lowest BCUT2D eigenvalue weighted by molar-refractivity contribution is 0.237. The van der Waals surface area contributed by atoms with E-state index in [4.69, 9.17) is 0 Å². The summed E-state index contributed by atoms with van der Waals surface area (Å²) in [7, 11) is 0. The van der Waals surface area contributed by atoms with E-state index < -0.39 is 0 Å². The van der Waals surface area contributed by atoms with Crippen molar-refractivity contribution in [2.45, 2.75) is 19.5 Å². The van der Waals surface area contributed by atoms with Gasteiger partial charge in [-0.25, -0.2) is 9.78 Å². The molecule has 1 aromatic carbocycles. The molecule has 7 heteroatoms. The van der Waals surface area contributed by atoms with Gasteiger partial charge in [0.1, 0.15) is 0 Å². The summed E-state index contributed by atoms with van der Waals surface area (Å²) in [5.74, 6) is 0. The zero-order valence-corrected chi connectivity index (χ0v) is 14.0. The molecule has 1 atom stereocenters. The first-order chi connectivity index (χ1) is 10.6. The highest BCUT2D eigenvalue weighted by Crippen LogP contribution is 2.14. The van der Waals surface area contributed by atoms with E-state index in [1.54, 1.807) is 12.5 Å². The van der Waals surface area contributed by atoms with E-state index in [2.05, 4.69) is 36.9 Å². The van der Waals surface area contributed by atoms with Gasteiger partial charge in [-0.3, -0.25) is 0 Å². The molecule has 0 bridgehead atoms. The number of nitrogens with zero attached hydrogens (tertiary/aromatic N) is 2. The van der Waals surface area contributed by atoms with Gasteiger partial charge >= 0.3 is 6.03 Å². The number of benzene rings is 1. The topological polar surface area (TPSA) is 71.0 Å². The minimum atomic E-state index is -0.163. The average Bonchev–Trinajstić information content (AvgIpc) is 2.96. The van der Waals surface area contributed by atoms with Crippen LogP contribution in [0.2, 0.25) is 0 Å². The van der Waals surface area contributed by atoms with Crippen molar-refractivity contribution >= 4 is 27.6 Å². The first-order valence-electron chi connectivity index (χ1n) is 7.13. The van der Waals surface area contributed by atoms with E-state index in [0.29, 0.717) is 19.6 Å². The number of hydrogen-bond donors (Lipinski definition) is 3. The molecule has 2 rings (SSSR count). The van der Waals surface area contributed by atoms with Gasteiger partial charge in [-0.15, -0.1) is 0 Å². The van der Waals surface area contributed by atoms with Gasteiger partial charge in [-0.1, -0.05) is 22.0 Å². The van der Waals surface area contributed by atoms with Crippen LogP contribution in [0, 0.1) is 0 Å². The fraction of sp³-hybridized carbons (Fsp3) is 0.333. The molecule has 0 aliphatic heterocycles. The molecule has 0 saturated heterocycles. The zero-order chi connectivity index (χ0) is 15.8. The minimum absolute atomic E-state index is 0.0345. The van der Waals surface area contributed by atoms with Gasteiger partial charge in [-0.05, 0) is 25.1 Å². The van der Waals surface area contributed by atoms with Crippen molar-refractivity contribution in [1.29, 1.82) is 0 Å². The molecule has 1 aromatic heterocycles. The third-order valence-electron chi connectivity index (χ3n) is 2.99. The van der Waals surface area contributed by atoms with E-state index in [1.807, 2.05) is 42.0 Å². The van der Waals surface area contributed by atoms with Crippen LogP contribution < -0.4 is 16.0 Å². The molecule has 22 heavy (non-hydrogen) atoms. The fourth-order valence-electron chi connectivity index (χ4n) is 2.01. The van der Waals surface area contributed by atoms with Crippen molar-refractivity contribution in [3.63, 3.8) is 0 Å². The predicted octanol–water partition coefficient (Wildman–Crippen LogP) is 2.45. The second-order valence-corrected chi connectivity index (χ2v) is 5.91. The summed E-state index contributed by atoms with van der Waals surface area (Å²) in [6.45, 7) is 3.87. The third-order valence-corrected chi connectivity index (χ3v) is 3.48. The van der Waals surface area contributed by atoms with Crippen LogP contribution >= 0.6 is 15.9 Å². The van der Waals surface area contributed by atoms with E-state index in [0.717, 1.165) is 10.2 Å². The average molecular weight is 366 g/mol. The smallest absolute Gasteiger partial charge is 0.315 e. The second-order valence-electron chi connectivity index (χ2n) is 5.00. The maximum Gasteiger partial charge on any atom is 0.315 e. The largest absolute Gasteiger partial charge is 0.383 e. The highest BCUT2D eigenvalue weighted by molar-refractivity contribution is 9.10. The summed E-state index contributed by atoms with van der Waals surface area (Å²) in [5, 5.41) is 8.97. The minimum Gasteiger partial charge on any atom is -0.383 e. The Hall–Kier alpha value is -2.02. The van der Waals surface area contributed by atoms with Gasteiger partial charge < -0.3 is 20.5 Å². The number of hydrogen-bond acceptors (Lipinski definition) is 3. The number of imidazole rings is 1. The van der Waals surface area contributed by atoms with Crippen molar-refractivity contribution in [1.82, 2.24) is 20.2 Å². The molecule has 1 heterocycles. The molecule has 0 aliphatic rings. The number of halogens is 1. The van der Waals surface area contributed by atoms with Crippen LogP contribution in [0.4, 0.5) is 10.5 Å². The van der Waals surface area contributed by atoms with Crippen molar-refractivity contribution < 1.29 is 4.79 Å². The Labute approximate surface area is 138 Å². The van der Waals surface area contributed by atoms with Crippen LogP contribution in [-0.4, -0.2) is 34.7 Å². The normalized spacial score (nSPS) is 11.7. The van der Waals surface area contributed by atoms with Gasteiger partial charge in [0.25, 0.3) is 0 Å². The van der Waals surface area contributed by atoms with Crippen molar-refractivity contribution in [3.8, 4) is 0 Å². The van der Waals surface area contributed by atoms with Gasteiger partial charge in [0.05, 0.1) is 6.33 Å². The molecule has 0 radical (unpaired) electrons. The second kappa shape index (κ2) is 8.43. The van der Waals surface area contributed by atoms with Crippen molar-refractivity contribution in [2.24, 2.45) is 0 Å². The number of aromatic nitrogens is 2. The van der Waals surface area contributed by atoms with Crippen LogP contribution in [-0.2, 0) is 6.54 Å². The van der Waals surface area contributed by atoms with Gasteiger partial charge in [-0.2, -0.15) is 0 Å². The standard InChI is InChI=1S/C15H20BrN5O/c1-12(10-21-8-7-17-11-21)20-15(22)19-6-5-18-14-4-2-3-13(16)9-14/h2-4,7-9,11-12,18H,5-6,10H2,1H3,(H2,19,20,22). The molecule has 2 amide bonds. The Balaban J connectivity index is 1.61. The summed E-state index contributed by atoms with van der Waals surface area (Å²) in [6.07, 6.45) is 5.33. The molecule has 0 saturated carbocycles. The monoisotopic (exact) mass is 365 g/mol. The molecule has 0 fully saturated rings. The maximum absolute atomic E-state index is 11.8. The quantitative estimate of drug-likeness (QED) is 0.660. The summed E-state index contributed by atoms with van der Waals surface area (Å²) in [4.78, 5) is 15.7. The van der Waals surface area contributed by atoms with Crippen molar-refractivity contribution in [2.75, 3.05) is 18.4 Å². The van der Waals surface area contributed by atoms with E-state index in [1.165, 1.54) is 0 Å². The first-order valence-corrected chi connectivity index (χ1v) is 7.92. The molecule has 3 N–H and O–H groups in total. The number of nitrogens with one attached hydrogen (secondary N) is 3. The van der Waals surface area contributed by atoms with Crippen LogP contribution in [0.15, 0.2) is 47.5 Å². The zero-order valence-electron chi connectivity index (χ0n) is 12.4. The molecule has 0 spiro atoms. The Morgan fingerprint density at radius 1 is 1.41 bits per heavy atom. The number of amides is 2. The Morgan fingerprint density at radius 3 is 3.00 bits per heavy atom. The SMILES string of the molecule is CC(Cn1ccnc1)NC(=O)NCCNc1cccc(Br)c1. The van der Waals surface area contributed by atoms with Gasteiger partial charge in [0.2, 0.25) is 0 Å². The lowest BCUT2D eigenvalue weighted by Gasteiger charge is -2.15. The highest BCUT2D eigenvalue weighted by atomic mass is 79.9. The number of rotatable bonds is 7. The number of anilines is 1. The summed E-state index contributed by atoms with van der Waals surface area (Å²) in [5.41, 5.74) is 1.02. The number of carbonyl (C=O) groups is 1.